The number of benzene rings is 3. The van der Waals surface area contributed by atoms with Crippen LogP contribution in [-0.2, 0) is 4.74 Å². The summed E-state index contributed by atoms with van der Waals surface area (Å²) in [6.07, 6.45) is -0.482. The van der Waals surface area contributed by atoms with E-state index >= 15 is 0 Å². The molecule has 2 heterocycles. The van der Waals surface area contributed by atoms with Crippen LogP contribution in [0.25, 0.3) is 33.1 Å². The highest BCUT2D eigenvalue weighted by molar-refractivity contribution is 6.15. The van der Waals surface area contributed by atoms with Gasteiger partial charge in [0.2, 0.25) is 11.6 Å². The van der Waals surface area contributed by atoms with Crippen molar-refractivity contribution >= 4 is 27.9 Å². The minimum Gasteiger partial charge on any atom is -0.493 e. The van der Waals surface area contributed by atoms with Crippen molar-refractivity contribution in [2.45, 2.75) is 26.4 Å². The number of ether oxygens (including phenoxy) is 4. The summed E-state index contributed by atoms with van der Waals surface area (Å²) in [6.45, 7) is 5.54. The van der Waals surface area contributed by atoms with E-state index in [4.69, 9.17) is 23.9 Å². The van der Waals surface area contributed by atoms with Crippen molar-refractivity contribution < 1.29 is 23.7 Å². The van der Waals surface area contributed by atoms with Gasteiger partial charge in [0.05, 0.1) is 36.3 Å². The van der Waals surface area contributed by atoms with Gasteiger partial charge < -0.3 is 18.9 Å². The van der Waals surface area contributed by atoms with Gasteiger partial charge >= 0.3 is 6.09 Å². The Hall–Kier alpha value is -4.52. The smallest absolute Gasteiger partial charge is 0.419 e. The van der Waals surface area contributed by atoms with Gasteiger partial charge in [0.25, 0.3) is 0 Å². The normalized spacial score (nSPS) is 11.5. The number of methoxy groups -OCH3 is 2. The van der Waals surface area contributed by atoms with Gasteiger partial charge in [0, 0.05) is 10.9 Å². The maximum absolute atomic E-state index is 13.5. The van der Waals surface area contributed by atoms with Gasteiger partial charge in [-0.3, -0.25) is 0 Å². The molecular formula is C30H28N2O5. The average molecular weight is 497 g/mol. The highest BCUT2D eigenvalue weighted by Crippen LogP contribution is 2.44. The minimum absolute atomic E-state index is 0.317. The second-order valence-electron chi connectivity index (χ2n) is 9.50. The summed E-state index contributed by atoms with van der Waals surface area (Å²) in [7, 11) is 3.14. The highest BCUT2D eigenvalue weighted by Gasteiger charge is 2.26. The number of aromatic nitrogens is 2. The molecule has 0 amide bonds. The largest absolute Gasteiger partial charge is 0.493 e. The molecule has 37 heavy (non-hydrogen) atoms. The molecule has 0 saturated heterocycles. The summed E-state index contributed by atoms with van der Waals surface area (Å²) < 4.78 is 25.0. The SMILES string of the molecule is COc1cccc(OC)c1Oc1nc(-c2ccccc2)cc2c1c1ccccc1n2C(=O)OC(C)(C)C. The van der Waals surface area contributed by atoms with E-state index in [0.29, 0.717) is 45.2 Å². The number of carbonyl (C=O) groups excluding carboxylic acids is 1. The number of para-hydroxylation sites is 2. The molecule has 0 N–H and O–H groups in total. The molecule has 0 spiro atoms. The average Bonchev–Trinajstić information content (AvgIpc) is 3.23. The lowest BCUT2D eigenvalue weighted by Gasteiger charge is -2.20. The Morgan fingerprint density at radius 2 is 1.46 bits per heavy atom. The summed E-state index contributed by atoms with van der Waals surface area (Å²) in [5.41, 5.74) is 2.16. The van der Waals surface area contributed by atoms with E-state index in [1.165, 1.54) is 0 Å². The van der Waals surface area contributed by atoms with Gasteiger partial charge in [-0.15, -0.1) is 0 Å². The Balaban J connectivity index is 1.84. The van der Waals surface area contributed by atoms with Crippen molar-refractivity contribution in [2.75, 3.05) is 14.2 Å². The number of hydrogen-bond donors (Lipinski definition) is 0. The van der Waals surface area contributed by atoms with Crippen molar-refractivity contribution in [1.29, 1.82) is 0 Å². The number of rotatable bonds is 5. The van der Waals surface area contributed by atoms with Crippen molar-refractivity contribution in [3.63, 3.8) is 0 Å². The van der Waals surface area contributed by atoms with Crippen LogP contribution in [0.1, 0.15) is 20.8 Å². The molecule has 0 aliphatic carbocycles. The Labute approximate surface area is 215 Å². The molecule has 2 aromatic heterocycles. The van der Waals surface area contributed by atoms with Crippen LogP contribution in [0.5, 0.6) is 23.1 Å². The second kappa shape index (κ2) is 9.50. The predicted octanol–water partition coefficient (Wildman–Crippen LogP) is 7.45. The van der Waals surface area contributed by atoms with Crippen LogP contribution >= 0.6 is 0 Å². The minimum atomic E-state index is -0.672. The van der Waals surface area contributed by atoms with Gasteiger partial charge in [-0.1, -0.05) is 54.6 Å². The summed E-state index contributed by atoms with van der Waals surface area (Å²) in [5, 5.41) is 1.48. The van der Waals surface area contributed by atoms with Crippen LogP contribution in [-0.4, -0.2) is 35.5 Å². The molecule has 7 heteroatoms. The van der Waals surface area contributed by atoms with E-state index in [1.54, 1.807) is 30.9 Å². The van der Waals surface area contributed by atoms with E-state index < -0.39 is 11.7 Å². The molecule has 0 unspecified atom stereocenters. The van der Waals surface area contributed by atoms with Crippen LogP contribution in [0.2, 0.25) is 0 Å². The zero-order chi connectivity index (χ0) is 26.2. The number of carbonyl (C=O) groups is 1. The van der Waals surface area contributed by atoms with Gasteiger partial charge in [-0.05, 0) is 45.0 Å². The molecule has 7 nitrogen and oxygen atoms in total. The standard InChI is InChI=1S/C30H28N2O5/c1-30(2,3)37-29(33)32-22-15-10-9-14-20(22)26-23(32)18-21(19-12-7-6-8-13-19)31-28(26)36-27-24(34-4)16-11-17-25(27)35-5/h6-18H,1-5H3. The van der Waals surface area contributed by atoms with E-state index in [0.717, 1.165) is 10.9 Å². The molecule has 5 rings (SSSR count). The third kappa shape index (κ3) is 4.56. The molecule has 0 bridgehead atoms. The van der Waals surface area contributed by atoms with Gasteiger partial charge in [-0.2, -0.15) is 0 Å². The maximum atomic E-state index is 13.5. The van der Waals surface area contributed by atoms with E-state index in [1.807, 2.05) is 87.5 Å². The molecule has 5 aromatic rings. The lowest BCUT2D eigenvalue weighted by atomic mass is 10.1. The van der Waals surface area contributed by atoms with Crippen LogP contribution < -0.4 is 14.2 Å². The van der Waals surface area contributed by atoms with Crippen LogP contribution in [0.15, 0.2) is 78.9 Å². The van der Waals surface area contributed by atoms with Gasteiger partial charge in [-0.25, -0.2) is 14.3 Å². The number of nitrogens with zero attached hydrogens (tertiary/aromatic N) is 2. The van der Waals surface area contributed by atoms with Crippen LogP contribution in [0.3, 0.4) is 0 Å². The maximum Gasteiger partial charge on any atom is 0.419 e. The van der Waals surface area contributed by atoms with Crippen molar-refractivity contribution in [3.8, 4) is 34.4 Å². The summed E-state index contributed by atoms with van der Waals surface area (Å²) in [4.78, 5) is 18.4. The van der Waals surface area contributed by atoms with Gasteiger partial charge in [0.1, 0.15) is 5.60 Å². The molecule has 3 aromatic carbocycles. The molecule has 188 valence electrons. The first-order valence-electron chi connectivity index (χ1n) is 11.9. The molecule has 0 radical (unpaired) electrons. The Morgan fingerprint density at radius 3 is 2.11 bits per heavy atom. The fraction of sp³-hybridized carbons (Fsp3) is 0.200. The zero-order valence-electron chi connectivity index (χ0n) is 21.4. The Bertz CT molecular complexity index is 1580. The number of hydrogen-bond acceptors (Lipinski definition) is 6. The number of fused-ring (bicyclic) bond motifs is 3. The van der Waals surface area contributed by atoms with Crippen LogP contribution in [0.4, 0.5) is 4.79 Å². The molecule has 0 aliphatic heterocycles. The fourth-order valence-electron chi connectivity index (χ4n) is 4.30. The summed E-state index contributed by atoms with van der Waals surface area (Å²) >= 11 is 0. The Kier molecular flexibility index (Phi) is 6.21. The van der Waals surface area contributed by atoms with Crippen molar-refractivity contribution in [2.24, 2.45) is 0 Å². The lowest BCUT2D eigenvalue weighted by Crippen LogP contribution is -2.27. The molecule has 0 fully saturated rings. The fourth-order valence-corrected chi connectivity index (χ4v) is 4.30. The summed E-state index contributed by atoms with van der Waals surface area (Å²) in [5.74, 6) is 1.70. The first-order valence-corrected chi connectivity index (χ1v) is 11.9. The number of pyridine rings is 1. The lowest BCUT2D eigenvalue weighted by molar-refractivity contribution is 0.0551. The first-order chi connectivity index (χ1) is 17.8. The second-order valence-corrected chi connectivity index (χ2v) is 9.50. The highest BCUT2D eigenvalue weighted by atomic mass is 16.6. The molecular weight excluding hydrogens is 468 g/mol. The summed E-state index contributed by atoms with van der Waals surface area (Å²) in [6, 6.07) is 24.7. The van der Waals surface area contributed by atoms with Crippen molar-refractivity contribution in [3.05, 3.63) is 78.9 Å². The topological polar surface area (TPSA) is 71.8 Å². The zero-order valence-corrected chi connectivity index (χ0v) is 21.4. The first kappa shape index (κ1) is 24.2. The van der Waals surface area contributed by atoms with Crippen LogP contribution in [0, 0.1) is 0 Å². The van der Waals surface area contributed by atoms with Crippen molar-refractivity contribution in [1.82, 2.24) is 9.55 Å². The molecule has 0 aliphatic rings. The molecule has 0 saturated carbocycles. The van der Waals surface area contributed by atoms with E-state index in [-0.39, 0.29) is 0 Å². The molecule has 0 atom stereocenters. The third-order valence-corrected chi connectivity index (χ3v) is 5.85. The van der Waals surface area contributed by atoms with Gasteiger partial charge in [0.15, 0.2) is 11.5 Å². The third-order valence-electron chi connectivity index (χ3n) is 5.85. The van der Waals surface area contributed by atoms with E-state index in [9.17, 15) is 4.79 Å². The monoisotopic (exact) mass is 496 g/mol. The quantitative estimate of drug-likeness (QED) is 0.252. The Morgan fingerprint density at radius 1 is 0.811 bits per heavy atom. The predicted molar refractivity (Wildman–Crippen MR) is 144 cm³/mol. The van der Waals surface area contributed by atoms with E-state index in [2.05, 4.69) is 0 Å².